The van der Waals surface area contributed by atoms with Crippen LogP contribution in [0.3, 0.4) is 0 Å². The molecule has 188 valence electrons. The highest BCUT2D eigenvalue weighted by molar-refractivity contribution is 7.92. The van der Waals surface area contributed by atoms with E-state index in [-0.39, 0.29) is 11.5 Å². The van der Waals surface area contributed by atoms with Gasteiger partial charge in [0.05, 0.1) is 22.8 Å². The number of nitrogens with zero attached hydrogens (tertiary/aromatic N) is 1. The molecule has 3 aromatic carbocycles. The van der Waals surface area contributed by atoms with Crippen LogP contribution < -0.4 is 14.4 Å². The molecule has 3 aromatic rings. The zero-order valence-corrected chi connectivity index (χ0v) is 20.8. The lowest BCUT2D eigenvalue weighted by molar-refractivity contribution is -0.118. The molecule has 0 unspecified atom stereocenters. The van der Waals surface area contributed by atoms with Crippen molar-refractivity contribution in [3.05, 3.63) is 83.9 Å². The van der Waals surface area contributed by atoms with E-state index in [1.807, 2.05) is 31.2 Å². The first-order chi connectivity index (χ1) is 17.4. The van der Waals surface area contributed by atoms with E-state index in [1.54, 1.807) is 24.3 Å². The summed E-state index contributed by atoms with van der Waals surface area (Å²) < 4.78 is 38.3. The van der Waals surface area contributed by atoms with E-state index in [9.17, 15) is 18.0 Å². The SMILES string of the molecule is CCCCOC(=O)c1ccc(NC(=O)COc2ccc(S(=O)(=O)N3CCc4ccccc43)cc2)cc1. The van der Waals surface area contributed by atoms with Gasteiger partial charge >= 0.3 is 5.97 Å². The van der Waals surface area contributed by atoms with Crippen molar-refractivity contribution < 1.29 is 27.5 Å². The number of sulfonamides is 1. The fraction of sp³-hybridized carbons (Fsp3) is 0.259. The average molecular weight is 509 g/mol. The van der Waals surface area contributed by atoms with Crippen molar-refractivity contribution in [2.75, 3.05) is 29.4 Å². The van der Waals surface area contributed by atoms with Crippen LogP contribution in [0.25, 0.3) is 0 Å². The standard InChI is InChI=1S/C27H28N2O6S/c1-2-3-18-34-27(31)21-8-10-22(11-9-21)28-26(30)19-35-23-12-14-24(15-13-23)36(32,33)29-17-16-20-6-4-5-7-25(20)29/h4-15H,2-3,16-19H2,1H3,(H,28,30). The molecule has 9 heteroatoms. The van der Waals surface area contributed by atoms with E-state index in [0.29, 0.717) is 42.3 Å². The summed E-state index contributed by atoms with van der Waals surface area (Å²) in [6.45, 7) is 2.54. The molecule has 36 heavy (non-hydrogen) atoms. The first-order valence-corrected chi connectivity index (χ1v) is 13.2. The molecule has 0 bridgehead atoms. The maximum Gasteiger partial charge on any atom is 0.338 e. The zero-order chi connectivity index (χ0) is 25.5. The molecule has 1 heterocycles. The topological polar surface area (TPSA) is 102 Å². The molecule has 0 saturated carbocycles. The molecule has 0 atom stereocenters. The van der Waals surface area contributed by atoms with Crippen molar-refractivity contribution in [1.29, 1.82) is 0 Å². The Morgan fingerprint density at radius 2 is 1.69 bits per heavy atom. The fourth-order valence-electron chi connectivity index (χ4n) is 3.82. The molecular formula is C27H28N2O6S. The monoisotopic (exact) mass is 508 g/mol. The summed E-state index contributed by atoms with van der Waals surface area (Å²) in [5.41, 5.74) is 2.64. The molecular weight excluding hydrogens is 480 g/mol. The van der Waals surface area contributed by atoms with Gasteiger partial charge in [0.25, 0.3) is 15.9 Å². The summed E-state index contributed by atoms with van der Waals surface area (Å²) in [5, 5.41) is 2.69. The number of hydrogen-bond acceptors (Lipinski definition) is 6. The van der Waals surface area contributed by atoms with Gasteiger partial charge in [-0.3, -0.25) is 9.10 Å². The van der Waals surface area contributed by atoms with Crippen LogP contribution in [0, 0.1) is 0 Å². The number of hydrogen-bond donors (Lipinski definition) is 1. The van der Waals surface area contributed by atoms with Gasteiger partial charge in [0, 0.05) is 12.2 Å². The Kier molecular flexibility index (Phi) is 7.90. The number of rotatable bonds is 10. The number of nitrogens with one attached hydrogen (secondary N) is 1. The third-order valence-electron chi connectivity index (χ3n) is 5.76. The van der Waals surface area contributed by atoms with E-state index in [1.165, 1.54) is 28.6 Å². The van der Waals surface area contributed by atoms with Gasteiger partial charge in [-0.25, -0.2) is 13.2 Å². The van der Waals surface area contributed by atoms with Gasteiger partial charge < -0.3 is 14.8 Å². The van der Waals surface area contributed by atoms with Gasteiger partial charge in [0.1, 0.15) is 5.75 Å². The minimum atomic E-state index is -3.69. The van der Waals surface area contributed by atoms with Gasteiger partial charge in [0.15, 0.2) is 6.61 Å². The minimum absolute atomic E-state index is 0.157. The number of benzene rings is 3. The smallest absolute Gasteiger partial charge is 0.338 e. The number of fused-ring (bicyclic) bond motifs is 1. The minimum Gasteiger partial charge on any atom is -0.484 e. The molecule has 0 radical (unpaired) electrons. The number of anilines is 2. The highest BCUT2D eigenvalue weighted by Gasteiger charge is 2.30. The summed E-state index contributed by atoms with van der Waals surface area (Å²) in [6, 6.07) is 19.9. The van der Waals surface area contributed by atoms with Crippen LogP contribution in [0.15, 0.2) is 77.7 Å². The van der Waals surface area contributed by atoms with E-state index in [2.05, 4.69) is 5.32 Å². The Bertz CT molecular complexity index is 1320. The molecule has 1 amide bonds. The van der Waals surface area contributed by atoms with Crippen LogP contribution in [0.2, 0.25) is 0 Å². The molecule has 0 fully saturated rings. The Balaban J connectivity index is 1.29. The van der Waals surface area contributed by atoms with Gasteiger partial charge in [-0.1, -0.05) is 31.5 Å². The predicted molar refractivity (Wildman–Crippen MR) is 137 cm³/mol. The van der Waals surface area contributed by atoms with Gasteiger partial charge in [0.2, 0.25) is 0 Å². The maximum absolute atomic E-state index is 13.1. The number of unbranched alkanes of at least 4 members (excludes halogenated alkanes) is 1. The highest BCUT2D eigenvalue weighted by atomic mass is 32.2. The lowest BCUT2D eigenvalue weighted by Crippen LogP contribution is -2.29. The molecule has 0 aromatic heterocycles. The maximum atomic E-state index is 13.1. The largest absolute Gasteiger partial charge is 0.484 e. The molecule has 1 aliphatic heterocycles. The Labute approximate surface area is 210 Å². The van der Waals surface area contributed by atoms with E-state index in [4.69, 9.17) is 9.47 Å². The normalized spacial score (nSPS) is 12.6. The van der Waals surface area contributed by atoms with Crippen LogP contribution in [0.4, 0.5) is 11.4 Å². The van der Waals surface area contributed by atoms with Crippen molar-refractivity contribution >= 4 is 33.3 Å². The third kappa shape index (κ3) is 5.85. The summed E-state index contributed by atoms with van der Waals surface area (Å²) >= 11 is 0. The second-order valence-corrected chi connectivity index (χ2v) is 10.2. The number of carbonyl (C=O) groups excluding carboxylic acids is 2. The second kappa shape index (κ2) is 11.3. The van der Waals surface area contributed by atoms with Crippen molar-refractivity contribution in [2.24, 2.45) is 0 Å². The first kappa shape index (κ1) is 25.2. The Hall–Kier alpha value is -3.85. The number of para-hydroxylation sites is 1. The molecule has 0 saturated heterocycles. The van der Waals surface area contributed by atoms with Crippen LogP contribution in [0.5, 0.6) is 5.75 Å². The Morgan fingerprint density at radius 1 is 0.972 bits per heavy atom. The van der Waals surface area contributed by atoms with Crippen molar-refractivity contribution in [1.82, 2.24) is 0 Å². The lowest BCUT2D eigenvalue weighted by Gasteiger charge is -2.19. The average Bonchev–Trinajstić information content (AvgIpc) is 3.33. The fourth-order valence-corrected chi connectivity index (χ4v) is 5.32. The Morgan fingerprint density at radius 3 is 2.42 bits per heavy atom. The highest BCUT2D eigenvalue weighted by Crippen LogP contribution is 2.33. The van der Waals surface area contributed by atoms with Crippen LogP contribution >= 0.6 is 0 Å². The van der Waals surface area contributed by atoms with E-state index >= 15 is 0 Å². The van der Waals surface area contributed by atoms with E-state index in [0.717, 1.165) is 18.4 Å². The van der Waals surface area contributed by atoms with Crippen molar-refractivity contribution in [3.8, 4) is 5.75 Å². The summed E-state index contributed by atoms with van der Waals surface area (Å²) in [6.07, 6.45) is 2.43. The quantitative estimate of drug-likeness (QED) is 0.322. The summed E-state index contributed by atoms with van der Waals surface area (Å²) in [4.78, 5) is 24.4. The van der Waals surface area contributed by atoms with Gasteiger partial charge in [-0.2, -0.15) is 0 Å². The number of esters is 1. The van der Waals surface area contributed by atoms with Gasteiger partial charge in [-0.15, -0.1) is 0 Å². The lowest BCUT2D eigenvalue weighted by atomic mass is 10.2. The molecule has 0 spiro atoms. The summed E-state index contributed by atoms with van der Waals surface area (Å²) in [7, 11) is -3.69. The van der Waals surface area contributed by atoms with E-state index < -0.39 is 21.9 Å². The molecule has 1 N–H and O–H groups in total. The first-order valence-electron chi connectivity index (χ1n) is 11.8. The zero-order valence-electron chi connectivity index (χ0n) is 20.0. The van der Waals surface area contributed by atoms with Crippen molar-refractivity contribution in [3.63, 3.8) is 0 Å². The molecule has 8 nitrogen and oxygen atoms in total. The summed E-state index contributed by atoms with van der Waals surface area (Å²) in [5.74, 6) is -0.418. The van der Waals surface area contributed by atoms with Gasteiger partial charge in [-0.05, 0) is 73.0 Å². The second-order valence-electron chi connectivity index (χ2n) is 8.33. The molecule has 4 rings (SSSR count). The number of ether oxygens (including phenoxy) is 2. The predicted octanol–water partition coefficient (Wildman–Crippen LogP) is 4.41. The van der Waals surface area contributed by atoms with Crippen LogP contribution in [0.1, 0.15) is 35.7 Å². The number of carbonyl (C=O) groups is 2. The van der Waals surface area contributed by atoms with Crippen LogP contribution in [-0.2, 0) is 26.0 Å². The van der Waals surface area contributed by atoms with Crippen molar-refractivity contribution in [2.45, 2.75) is 31.1 Å². The molecule has 1 aliphatic rings. The number of amides is 1. The van der Waals surface area contributed by atoms with Crippen LogP contribution in [-0.4, -0.2) is 40.1 Å². The third-order valence-corrected chi connectivity index (χ3v) is 7.59. The molecule has 0 aliphatic carbocycles.